The predicted molar refractivity (Wildman–Crippen MR) is 103 cm³/mol. The topological polar surface area (TPSA) is 46.0 Å². The number of nitrogens with zero attached hydrogens (tertiary/aromatic N) is 4. The Balaban J connectivity index is 1.53. The summed E-state index contributed by atoms with van der Waals surface area (Å²) in [5, 5.41) is 12.1. The molecule has 1 N–H and O–H groups in total. The molecule has 1 aromatic carbocycles. The van der Waals surface area contributed by atoms with Gasteiger partial charge in [0.25, 0.3) is 0 Å². The highest BCUT2D eigenvalue weighted by molar-refractivity contribution is 7.15. The van der Waals surface area contributed by atoms with Crippen LogP contribution in [0.2, 0.25) is 0 Å². The van der Waals surface area contributed by atoms with Crippen LogP contribution in [0.1, 0.15) is 21.6 Å². The van der Waals surface area contributed by atoms with E-state index in [1.54, 1.807) is 0 Å². The fraction of sp³-hybridized carbons (Fsp3) is 0.368. The highest BCUT2D eigenvalue weighted by Gasteiger charge is 2.15. The Labute approximate surface area is 152 Å². The highest BCUT2D eigenvalue weighted by atomic mass is 32.1. The second kappa shape index (κ2) is 6.61. The van der Waals surface area contributed by atoms with E-state index in [4.69, 9.17) is 0 Å². The van der Waals surface area contributed by atoms with Gasteiger partial charge in [0.2, 0.25) is 0 Å². The lowest BCUT2D eigenvalue weighted by molar-refractivity contribution is 0.649. The molecule has 0 amide bonds. The minimum atomic E-state index is 0.744. The summed E-state index contributed by atoms with van der Waals surface area (Å²) in [6, 6.07) is 8.82. The van der Waals surface area contributed by atoms with Gasteiger partial charge in [-0.05, 0) is 42.2 Å². The lowest BCUT2D eigenvalue weighted by Crippen LogP contribution is -2.21. The highest BCUT2D eigenvalue weighted by Crippen LogP contribution is 2.32. The van der Waals surface area contributed by atoms with E-state index in [1.807, 2.05) is 16.0 Å². The van der Waals surface area contributed by atoms with E-state index in [0.717, 1.165) is 31.7 Å². The number of nitrogens with one attached hydrogen (secondary N) is 1. The standard InChI is InChI=1S/C19H23N5S/c1-13-8-14(4-5-17(13)23(2)3)11-24-12-16(21-22-24)19-9-15-10-20-7-6-18(15)25-19/h4-5,8-9,12,20H,6-7,10-11H2,1-3H3. The largest absolute Gasteiger partial charge is 0.377 e. The Kier molecular flexibility index (Phi) is 4.31. The lowest BCUT2D eigenvalue weighted by atomic mass is 10.1. The molecule has 2 aromatic heterocycles. The lowest BCUT2D eigenvalue weighted by Gasteiger charge is -2.16. The molecule has 0 atom stereocenters. The van der Waals surface area contributed by atoms with Crippen molar-refractivity contribution in [1.29, 1.82) is 0 Å². The maximum atomic E-state index is 4.39. The van der Waals surface area contributed by atoms with Crippen molar-refractivity contribution in [3.05, 3.63) is 52.0 Å². The van der Waals surface area contributed by atoms with Crippen LogP contribution in [0, 0.1) is 6.92 Å². The van der Waals surface area contributed by atoms with Crippen LogP contribution in [0.3, 0.4) is 0 Å². The summed E-state index contributed by atoms with van der Waals surface area (Å²) in [4.78, 5) is 4.84. The Hall–Kier alpha value is -2.18. The molecule has 0 saturated carbocycles. The van der Waals surface area contributed by atoms with Crippen molar-refractivity contribution in [3.8, 4) is 10.6 Å². The molecule has 0 unspecified atom stereocenters. The van der Waals surface area contributed by atoms with Crippen molar-refractivity contribution in [3.63, 3.8) is 0 Å². The zero-order valence-electron chi connectivity index (χ0n) is 14.9. The van der Waals surface area contributed by atoms with Crippen LogP contribution < -0.4 is 10.2 Å². The van der Waals surface area contributed by atoms with Crippen molar-refractivity contribution >= 4 is 17.0 Å². The molecular formula is C19H23N5S. The van der Waals surface area contributed by atoms with Gasteiger partial charge in [0.05, 0.1) is 17.6 Å². The monoisotopic (exact) mass is 353 g/mol. The molecule has 0 fully saturated rings. The minimum absolute atomic E-state index is 0.744. The van der Waals surface area contributed by atoms with Crippen molar-refractivity contribution < 1.29 is 0 Å². The van der Waals surface area contributed by atoms with E-state index >= 15 is 0 Å². The summed E-state index contributed by atoms with van der Waals surface area (Å²) in [6.07, 6.45) is 3.17. The molecule has 25 heavy (non-hydrogen) atoms. The van der Waals surface area contributed by atoms with E-state index in [0.29, 0.717) is 0 Å². The molecule has 130 valence electrons. The number of anilines is 1. The average molecular weight is 353 g/mol. The van der Waals surface area contributed by atoms with Crippen LogP contribution in [0.4, 0.5) is 5.69 Å². The molecule has 3 aromatic rings. The van der Waals surface area contributed by atoms with Crippen LogP contribution >= 0.6 is 11.3 Å². The van der Waals surface area contributed by atoms with E-state index < -0.39 is 0 Å². The van der Waals surface area contributed by atoms with Crippen LogP contribution in [-0.4, -0.2) is 35.6 Å². The normalized spacial score (nSPS) is 13.7. The van der Waals surface area contributed by atoms with Gasteiger partial charge in [-0.2, -0.15) is 0 Å². The van der Waals surface area contributed by atoms with E-state index in [1.165, 1.54) is 32.1 Å². The van der Waals surface area contributed by atoms with Crippen molar-refractivity contribution in [2.45, 2.75) is 26.4 Å². The average Bonchev–Trinajstić information content (AvgIpc) is 3.20. The summed E-state index contributed by atoms with van der Waals surface area (Å²) in [6.45, 7) is 4.93. The molecule has 0 bridgehead atoms. The van der Waals surface area contributed by atoms with Crippen LogP contribution in [0.15, 0.2) is 30.5 Å². The SMILES string of the molecule is Cc1cc(Cn2cc(-c3cc4c(s3)CCNC4)nn2)ccc1N(C)C. The first-order valence-electron chi connectivity index (χ1n) is 8.60. The van der Waals surface area contributed by atoms with Gasteiger partial charge in [0, 0.05) is 37.7 Å². The molecule has 0 radical (unpaired) electrons. The molecule has 1 aliphatic heterocycles. The minimum Gasteiger partial charge on any atom is -0.377 e. The molecule has 3 heterocycles. The van der Waals surface area contributed by atoms with Gasteiger partial charge in [-0.1, -0.05) is 17.3 Å². The molecule has 1 aliphatic rings. The zero-order valence-corrected chi connectivity index (χ0v) is 15.7. The Bertz CT molecular complexity index is 870. The molecule has 5 nitrogen and oxygen atoms in total. The van der Waals surface area contributed by atoms with Gasteiger partial charge in [-0.25, -0.2) is 4.68 Å². The fourth-order valence-corrected chi connectivity index (χ4v) is 4.50. The first-order valence-corrected chi connectivity index (χ1v) is 9.41. The number of hydrogen-bond donors (Lipinski definition) is 1. The summed E-state index contributed by atoms with van der Waals surface area (Å²) in [5.74, 6) is 0. The summed E-state index contributed by atoms with van der Waals surface area (Å²) in [7, 11) is 4.14. The van der Waals surface area contributed by atoms with E-state index in [-0.39, 0.29) is 0 Å². The third-order valence-corrected chi connectivity index (χ3v) is 5.88. The van der Waals surface area contributed by atoms with Gasteiger partial charge in [0.15, 0.2) is 0 Å². The Morgan fingerprint density at radius 3 is 2.92 bits per heavy atom. The zero-order chi connectivity index (χ0) is 17.4. The predicted octanol–water partition coefficient (Wildman–Crippen LogP) is 3.08. The maximum Gasteiger partial charge on any atom is 0.123 e. The smallest absolute Gasteiger partial charge is 0.123 e. The third kappa shape index (κ3) is 3.32. The number of fused-ring (bicyclic) bond motifs is 1. The molecular weight excluding hydrogens is 330 g/mol. The number of rotatable bonds is 4. The first-order chi connectivity index (χ1) is 12.1. The summed E-state index contributed by atoms with van der Waals surface area (Å²) >= 11 is 1.85. The van der Waals surface area contributed by atoms with Crippen LogP contribution in [0.25, 0.3) is 10.6 Å². The Morgan fingerprint density at radius 2 is 2.16 bits per heavy atom. The quantitative estimate of drug-likeness (QED) is 0.783. The van der Waals surface area contributed by atoms with Gasteiger partial charge in [-0.15, -0.1) is 16.4 Å². The van der Waals surface area contributed by atoms with Crippen molar-refractivity contribution in [1.82, 2.24) is 20.3 Å². The molecule has 6 heteroatoms. The van der Waals surface area contributed by atoms with Gasteiger partial charge < -0.3 is 10.2 Å². The number of thiophene rings is 1. The number of benzene rings is 1. The summed E-state index contributed by atoms with van der Waals surface area (Å²) < 4.78 is 1.93. The van der Waals surface area contributed by atoms with Crippen LogP contribution in [0.5, 0.6) is 0 Å². The number of hydrogen-bond acceptors (Lipinski definition) is 5. The number of aryl methyl sites for hydroxylation is 1. The van der Waals surface area contributed by atoms with Gasteiger partial charge in [-0.3, -0.25) is 0 Å². The third-order valence-electron chi connectivity index (χ3n) is 4.62. The Morgan fingerprint density at radius 1 is 1.28 bits per heavy atom. The van der Waals surface area contributed by atoms with E-state index in [9.17, 15) is 0 Å². The fourth-order valence-electron chi connectivity index (χ4n) is 3.37. The molecule has 0 spiro atoms. The molecule has 0 saturated heterocycles. The van der Waals surface area contributed by atoms with Gasteiger partial charge in [0.1, 0.15) is 5.69 Å². The number of aromatic nitrogens is 3. The molecule has 4 rings (SSSR count). The summed E-state index contributed by atoms with van der Waals surface area (Å²) in [5.41, 5.74) is 6.16. The van der Waals surface area contributed by atoms with Crippen molar-refractivity contribution in [2.24, 2.45) is 0 Å². The van der Waals surface area contributed by atoms with Crippen LogP contribution in [-0.2, 0) is 19.5 Å². The first kappa shape index (κ1) is 16.3. The second-order valence-electron chi connectivity index (χ2n) is 6.80. The molecule has 0 aliphatic carbocycles. The maximum absolute atomic E-state index is 4.39. The van der Waals surface area contributed by atoms with E-state index in [2.05, 4.69) is 72.0 Å². The van der Waals surface area contributed by atoms with Gasteiger partial charge >= 0.3 is 0 Å². The second-order valence-corrected chi connectivity index (χ2v) is 7.94. The van der Waals surface area contributed by atoms with Crippen molar-refractivity contribution in [2.75, 3.05) is 25.5 Å².